The van der Waals surface area contributed by atoms with Gasteiger partial charge >= 0.3 is 0 Å². The van der Waals surface area contributed by atoms with Crippen LogP contribution in [-0.2, 0) is 9.59 Å². The van der Waals surface area contributed by atoms with Crippen LogP contribution in [0.2, 0.25) is 5.02 Å². The number of hydrogen-bond donors (Lipinski definition) is 2. The van der Waals surface area contributed by atoms with Crippen LogP contribution in [0.5, 0.6) is 0 Å². The molecule has 1 aliphatic carbocycles. The first-order valence-electron chi connectivity index (χ1n) is 6.81. The standard InChI is InChI=1S/C15H19ClN2O2/c1-9-8-12(9)15(20)17-6-5-14(19)18-13-4-3-11(16)7-10(13)2/h3-4,7,9,12H,5-6,8H2,1-2H3,(H,17,20)(H,18,19)/t9-,12-/m1/s1. The molecule has 1 fully saturated rings. The molecule has 4 nitrogen and oxygen atoms in total. The average Bonchev–Trinajstić information content (AvgIpc) is 3.10. The van der Waals surface area contributed by atoms with E-state index in [0.29, 0.717) is 17.5 Å². The van der Waals surface area contributed by atoms with E-state index < -0.39 is 0 Å². The van der Waals surface area contributed by atoms with Crippen LogP contribution in [0.1, 0.15) is 25.3 Å². The van der Waals surface area contributed by atoms with Gasteiger partial charge in [0, 0.05) is 29.6 Å². The zero-order valence-corrected chi connectivity index (χ0v) is 12.5. The number of anilines is 1. The molecule has 1 aromatic carbocycles. The molecule has 20 heavy (non-hydrogen) atoms. The van der Waals surface area contributed by atoms with Crippen molar-refractivity contribution in [3.05, 3.63) is 28.8 Å². The molecule has 0 bridgehead atoms. The summed E-state index contributed by atoms with van der Waals surface area (Å²) in [6, 6.07) is 5.31. The maximum atomic E-state index is 11.8. The fourth-order valence-corrected chi connectivity index (χ4v) is 2.32. The Labute approximate surface area is 123 Å². The number of halogens is 1. The van der Waals surface area contributed by atoms with E-state index >= 15 is 0 Å². The van der Waals surface area contributed by atoms with Gasteiger partial charge in [-0.25, -0.2) is 0 Å². The number of hydrogen-bond acceptors (Lipinski definition) is 2. The van der Waals surface area contributed by atoms with Crippen LogP contribution in [0.15, 0.2) is 18.2 Å². The number of aryl methyl sites for hydroxylation is 1. The van der Waals surface area contributed by atoms with E-state index in [2.05, 4.69) is 17.6 Å². The number of rotatable bonds is 5. The summed E-state index contributed by atoms with van der Waals surface area (Å²) in [6.07, 6.45) is 1.23. The van der Waals surface area contributed by atoms with E-state index in [1.807, 2.05) is 6.92 Å². The van der Waals surface area contributed by atoms with Crippen LogP contribution in [0, 0.1) is 18.8 Å². The van der Waals surface area contributed by atoms with Crippen LogP contribution >= 0.6 is 11.6 Å². The summed E-state index contributed by atoms with van der Waals surface area (Å²) in [5, 5.41) is 6.26. The molecular weight excluding hydrogens is 276 g/mol. The lowest BCUT2D eigenvalue weighted by atomic mass is 10.2. The lowest BCUT2D eigenvalue weighted by Crippen LogP contribution is -2.29. The van der Waals surface area contributed by atoms with Crippen molar-refractivity contribution in [2.75, 3.05) is 11.9 Å². The van der Waals surface area contributed by atoms with Crippen LogP contribution in [0.25, 0.3) is 0 Å². The average molecular weight is 295 g/mol. The molecule has 5 heteroatoms. The number of carbonyl (C=O) groups excluding carboxylic acids is 2. The maximum Gasteiger partial charge on any atom is 0.226 e. The van der Waals surface area contributed by atoms with E-state index in [1.54, 1.807) is 18.2 Å². The van der Waals surface area contributed by atoms with Gasteiger partial charge in [-0.15, -0.1) is 0 Å². The summed E-state index contributed by atoms with van der Waals surface area (Å²) in [4.78, 5) is 23.4. The summed E-state index contributed by atoms with van der Waals surface area (Å²) >= 11 is 5.86. The quantitative estimate of drug-likeness (QED) is 0.877. The zero-order valence-electron chi connectivity index (χ0n) is 11.7. The molecule has 0 radical (unpaired) electrons. The Hall–Kier alpha value is -1.55. The number of amides is 2. The second-order valence-corrected chi connectivity index (χ2v) is 5.80. The molecule has 2 atom stereocenters. The van der Waals surface area contributed by atoms with E-state index in [4.69, 9.17) is 11.6 Å². The predicted octanol–water partition coefficient (Wildman–Crippen LogP) is 2.75. The summed E-state index contributed by atoms with van der Waals surface area (Å²) in [7, 11) is 0. The summed E-state index contributed by atoms with van der Waals surface area (Å²) in [6.45, 7) is 4.32. The zero-order chi connectivity index (χ0) is 14.7. The fraction of sp³-hybridized carbons (Fsp3) is 0.467. The van der Waals surface area contributed by atoms with Crippen molar-refractivity contribution >= 4 is 29.1 Å². The third-order valence-electron chi connectivity index (χ3n) is 3.56. The predicted molar refractivity (Wildman–Crippen MR) is 79.7 cm³/mol. The topological polar surface area (TPSA) is 58.2 Å². The molecule has 1 saturated carbocycles. The second-order valence-electron chi connectivity index (χ2n) is 5.37. The summed E-state index contributed by atoms with van der Waals surface area (Å²) in [5.41, 5.74) is 1.67. The largest absolute Gasteiger partial charge is 0.355 e. The van der Waals surface area contributed by atoms with Gasteiger partial charge in [-0.1, -0.05) is 18.5 Å². The number of nitrogens with one attached hydrogen (secondary N) is 2. The summed E-state index contributed by atoms with van der Waals surface area (Å²) < 4.78 is 0. The molecule has 0 spiro atoms. The van der Waals surface area contributed by atoms with Gasteiger partial charge in [0.1, 0.15) is 0 Å². The lowest BCUT2D eigenvalue weighted by Gasteiger charge is -2.09. The van der Waals surface area contributed by atoms with Crippen molar-refractivity contribution in [2.45, 2.75) is 26.7 Å². The second kappa shape index (κ2) is 6.27. The van der Waals surface area contributed by atoms with Crippen LogP contribution < -0.4 is 10.6 Å². The van der Waals surface area contributed by atoms with Crippen molar-refractivity contribution in [1.29, 1.82) is 0 Å². The molecule has 0 aliphatic heterocycles. The van der Waals surface area contributed by atoms with Crippen LogP contribution in [-0.4, -0.2) is 18.4 Å². The highest BCUT2D eigenvalue weighted by Crippen LogP contribution is 2.37. The molecule has 0 aromatic heterocycles. The first-order chi connectivity index (χ1) is 9.47. The van der Waals surface area contributed by atoms with E-state index in [0.717, 1.165) is 17.7 Å². The van der Waals surface area contributed by atoms with Crippen molar-refractivity contribution in [3.8, 4) is 0 Å². The highest BCUT2D eigenvalue weighted by atomic mass is 35.5. The Kier molecular flexibility index (Phi) is 4.65. The van der Waals surface area contributed by atoms with Gasteiger partial charge in [0.25, 0.3) is 0 Å². The molecule has 0 saturated heterocycles. The number of benzene rings is 1. The van der Waals surface area contributed by atoms with Gasteiger partial charge in [0.15, 0.2) is 0 Å². The third kappa shape index (κ3) is 3.97. The Bertz CT molecular complexity index is 531. The highest BCUT2D eigenvalue weighted by Gasteiger charge is 2.38. The first-order valence-corrected chi connectivity index (χ1v) is 7.19. The maximum absolute atomic E-state index is 11.8. The molecule has 108 valence electrons. The Balaban J connectivity index is 1.73. The normalized spacial score (nSPS) is 20.4. The minimum Gasteiger partial charge on any atom is -0.355 e. The van der Waals surface area contributed by atoms with Gasteiger partial charge in [0.05, 0.1) is 0 Å². The van der Waals surface area contributed by atoms with Crippen molar-refractivity contribution in [2.24, 2.45) is 11.8 Å². The summed E-state index contributed by atoms with van der Waals surface area (Å²) in [5.74, 6) is 0.588. The van der Waals surface area contributed by atoms with Crippen molar-refractivity contribution in [3.63, 3.8) is 0 Å². The Morgan fingerprint density at radius 2 is 2.10 bits per heavy atom. The fourth-order valence-electron chi connectivity index (χ4n) is 2.10. The molecule has 0 heterocycles. The molecule has 2 rings (SSSR count). The van der Waals surface area contributed by atoms with E-state index in [9.17, 15) is 9.59 Å². The molecule has 2 N–H and O–H groups in total. The third-order valence-corrected chi connectivity index (χ3v) is 3.80. The molecule has 0 unspecified atom stereocenters. The van der Waals surface area contributed by atoms with Gasteiger partial charge < -0.3 is 10.6 Å². The smallest absolute Gasteiger partial charge is 0.226 e. The van der Waals surface area contributed by atoms with Crippen molar-refractivity contribution < 1.29 is 9.59 Å². The van der Waals surface area contributed by atoms with Gasteiger partial charge in [-0.3, -0.25) is 9.59 Å². The SMILES string of the molecule is Cc1cc(Cl)ccc1NC(=O)CCNC(=O)[C@@H]1C[C@H]1C. The molecule has 2 amide bonds. The first kappa shape index (κ1) is 14.9. The molecule has 1 aliphatic rings. The van der Waals surface area contributed by atoms with E-state index in [1.165, 1.54) is 0 Å². The van der Waals surface area contributed by atoms with Gasteiger partial charge in [-0.2, -0.15) is 0 Å². The minimum absolute atomic E-state index is 0.0629. The minimum atomic E-state index is -0.112. The highest BCUT2D eigenvalue weighted by molar-refractivity contribution is 6.30. The Morgan fingerprint density at radius 1 is 1.40 bits per heavy atom. The molecular formula is C15H19ClN2O2. The molecule has 1 aromatic rings. The van der Waals surface area contributed by atoms with Crippen LogP contribution in [0.3, 0.4) is 0 Å². The van der Waals surface area contributed by atoms with Gasteiger partial charge in [-0.05, 0) is 43.0 Å². The monoisotopic (exact) mass is 294 g/mol. The lowest BCUT2D eigenvalue weighted by molar-refractivity contribution is -0.122. The number of carbonyl (C=O) groups is 2. The Morgan fingerprint density at radius 3 is 2.70 bits per heavy atom. The van der Waals surface area contributed by atoms with Crippen molar-refractivity contribution in [1.82, 2.24) is 5.32 Å². The van der Waals surface area contributed by atoms with E-state index in [-0.39, 0.29) is 24.2 Å². The van der Waals surface area contributed by atoms with Gasteiger partial charge in [0.2, 0.25) is 11.8 Å². The van der Waals surface area contributed by atoms with Crippen LogP contribution in [0.4, 0.5) is 5.69 Å².